The molecule has 0 spiro atoms. The average molecular weight is 265 g/mol. The normalized spacial score (nSPS) is 17.1. The van der Waals surface area contributed by atoms with Gasteiger partial charge in [-0.25, -0.2) is 4.98 Å². The zero-order valence-electron chi connectivity index (χ0n) is 9.27. The number of hydrogen-bond acceptors (Lipinski definition) is 3. The first-order valence-electron chi connectivity index (χ1n) is 5.71. The van der Waals surface area contributed by atoms with Crippen LogP contribution in [0.25, 0.3) is 11.3 Å². The van der Waals surface area contributed by atoms with Gasteiger partial charge in [-0.2, -0.15) is 0 Å². The van der Waals surface area contributed by atoms with Crippen LogP contribution in [-0.2, 0) is 0 Å². The molecule has 1 saturated carbocycles. The van der Waals surface area contributed by atoms with Crippen LogP contribution in [0, 0.1) is 5.92 Å². The second-order valence-corrected chi connectivity index (χ2v) is 5.71. The van der Waals surface area contributed by atoms with Gasteiger partial charge in [0.2, 0.25) is 0 Å². The van der Waals surface area contributed by atoms with E-state index in [0.29, 0.717) is 5.92 Å². The van der Waals surface area contributed by atoms with Crippen LogP contribution in [0.15, 0.2) is 29.6 Å². The maximum atomic E-state index is 6.16. The summed E-state index contributed by atoms with van der Waals surface area (Å²) in [6, 6.07) is 7.88. The van der Waals surface area contributed by atoms with Crippen LogP contribution in [0.1, 0.15) is 23.9 Å². The van der Waals surface area contributed by atoms with Gasteiger partial charge in [0.25, 0.3) is 0 Å². The smallest absolute Gasteiger partial charge is 0.110 e. The van der Waals surface area contributed by atoms with Gasteiger partial charge < -0.3 is 5.73 Å². The molecule has 0 radical (unpaired) electrons. The Hall–Kier alpha value is -0.900. The fourth-order valence-electron chi connectivity index (χ4n) is 1.89. The molecule has 88 valence electrons. The number of aromatic nitrogens is 1. The van der Waals surface area contributed by atoms with Crippen LogP contribution in [0.2, 0.25) is 5.02 Å². The van der Waals surface area contributed by atoms with Crippen molar-refractivity contribution >= 4 is 22.9 Å². The van der Waals surface area contributed by atoms with Gasteiger partial charge in [0, 0.05) is 16.0 Å². The van der Waals surface area contributed by atoms with Crippen LogP contribution in [0.3, 0.4) is 0 Å². The van der Waals surface area contributed by atoms with Gasteiger partial charge in [-0.05, 0) is 24.8 Å². The molecule has 0 bridgehead atoms. The summed E-state index contributed by atoms with van der Waals surface area (Å²) in [7, 11) is 0. The van der Waals surface area contributed by atoms with Crippen molar-refractivity contribution < 1.29 is 0 Å². The summed E-state index contributed by atoms with van der Waals surface area (Å²) in [5.74, 6) is 0.639. The number of nitrogens with zero attached hydrogens (tertiary/aromatic N) is 1. The first kappa shape index (κ1) is 11.2. The molecule has 2 nitrogen and oxygen atoms in total. The molecule has 1 atom stereocenters. The molecular weight excluding hydrogens is 252 g/mol. The van der Waals surface area contributed by atoms with E-state index in [1.165, 1.54) is 12.8 Å². The third kappa shape index (κ3) is 2.23. The second kappa shape index (κ2) is 4.41. The minimum absolute atomic E-state index is 0.108. The number of nitrogens with two attached hydrogens (primary N) is 1. The fraction of sp³-hybridized carbons (Fsp3) is 0.308. The van der Waals surface area contributed by atoms with E-state index in [1.54, 1.807) is 11.3 Å². The Morgan fingerprint density at radius 2 is 2.12 bits per heavy atom. The summed E-state index contributed by atoms with van der Waals surface area (Å²) in [6.45, 7) is 0. The van der Waals surface area contributed by atoms with Crippen molar-refractivity contribution in [2.75, 3.05) is 0 Å². The highest BCUT2D eigenvalue weighted by molar-refractivity contribution is 7.10. The van der Waals surface area contributed by atoms with Crippen molar-refractivity contribution in [2.45, 2.75) is 18.9 Å². The monoisotopic (exact) mass is 264 g/mol. The Balaban J connectivity index is 1.92. The van der Waals surface area contributed by atoms with Crippen LogP contribution in [0.4, 0.5) is 0 Å². The molecule has 2 N–H and O–H groups in total. The Bertz CT molecular complexity index is 534. The Kier molecular flexibility index (Phi) is 2.90. The lowest BCUT2D eigenvalue weighted by Gasteiger charge is -2.05. The third-order valence-electron chi connectivity index (χ3n) is 3.09. The van der Waals surface area contributed by atoms with Crippen molar-refractivity contribution in [1.29, 1.82) is 0 Å². The van der Waals surface area contributed by atoms with Crippen LogP contribution < -0.4 is 5.73 Å². The standard InChI is InChI=1S/C13H13ClN2S/c14-10-4-2-1-3-9(10)11-7-17-13(16-11)12(15)8-5-6-8/h1-4,7-8,12H,5-6,15H2. The van der Waals surface area contributed by atoms with Gasteiger partial charge in [-0.3, -0.25) is 0 Å². The molecule has 3 rings (SSSR count). The molecule has 17 heavy (non-hydrogen) atoms. The Morgan fingerprint density at radius 3 is 2.82 bits per heavy atom. The molecule has 2 aromatic rings. The molecule has 0 saturated heterocycles. The summed E-state index contributed by atoms with van der Waals surface area (Å²) in [6.07, 6.45) is 2.48. The number of benzene rings is 1. The number of thiazole rings is 1. The molecule has 1 aliphatic carbocycles. The zero-order valence-corrected chi connectivity index (χ0v) is 10.8. The number of hydrogen-bond donors (Lipinski definition) is 1. The van der Waals surface area contributed by atoms with Crippen LogP contribution >= 0.6 is 22.9 Å². The van der Waals surface area contributed by atoms with Crippen molar-refractivity contribution in [2.24, 2.45) is 11.7 Å². The predicted molar refractivity (Wildman–Crippen MR) is 72.2 cm³/mol. The minimum Gasteiger partial charge on any atom is -0.322 e. The van der Waals surface area contributed by atoms with Gasteiger partial charge in [-0.1, -0.05) is 29.8 Å². The second-order valence-electron chi connectivity index (χ2n) is 4.41. The maximum Gasteiger partial charge on any atom is 0.110 e. The van der Waals surface area contributed by atoms with Gasteiger partial charge in [0.05, 0.1) is 11.7 Å². The van der Waals surface area contributed by atoms with Crippen molar-refractivity contribution in [1.82, 2.24) is 4.98 Å². The van der Waals surface area contributed by atoms with Crippen LogP contribution in [-0.4, -0.2) is 4.98 Å². The van der Waals surface area contributed by atoms with E-state index in [9.17, 15) is 0 Å². The Labute approximate surface area is 109 Å². The van der Waals surface area contributed by atoms with Gasteiger partial charge in [0.1, 0.15) is 5.01 Å². The molecule has 1 aromatic carbocycles. The van der Waals surface area contributed by atoms with Gasteiger partial charge >= 0.3 is 0 Å². The van der Waals surface area contributed by atoms with E-state index < -0.39 is 0 Å². The van der Waals surface area contributed by atoms with Crippen molar-refractivity contribution in [3.63, 3.8) is 0 Å². The molecule has 0 amide bonds. The third-order valence-corrected chi connectivity index (χ3v) is 4.36. The summed E-state index contributed by atoms with van der Waals surface area (Å²) < 4.78 is 0. The van der Waals surface area contributed by atoms with E-state index in [2.05, 4.69) is 4.98 Å². The van der Waals surface area contributed by atoms with E-state index in [-0.39, 0.29) is 6.04 Å². The zero-order chi connectivity index (χ0) is 11.8. The molecule has 4 heteroatoms. The first-order valence-corrected chi connectivity index (χ1v) is 6.97. The van der Waals surface area contributed by atoms with E-state index in [4.69, 9.17) is 17.3 Å². The molecule has 1 unspecified atom stereocenters. The molecule has 1 fully saturated rings. The number of halogens is 1. The average Bonchev–Trinajstić information content (AvgIpc) is 3.07. The summed E-state index contributed by atoms with van der Waals surface area (Å²) >= 11 is 7.79. The maximum absolute atomic E-state index is 6.16. The van der Waals surface area contributed by atoms with Gasteiger partial charge in [0.15, 0.2) is 0 Å². The van der Waals surface area contributed by atoms with Crippen LogP contribution in [0.5, 0.6) is 0 Å². The van der Waals surface area contributed by atoms with E-state index in [1.807, 2.05) is 29.6 Å². The predicted octanol–water partition coefficient (Wildman–Crippen LogP) is 3.87. The summed E-state index contributed by atoms with van der Waals surface area (Å²) in [4.78, 5) is 4.61. The Morgan fingerprint density at radius 1 is 1.35 bits per heavy atom. The number of rotatable bonds is 3. The first-order chi connectivity index (χ1) is 8.25. The van der Waals surface area contributed by atoms with Crippen molar-refractivity contribution in [3.05, 3.63) is 39.7 Å². The molecule has 1 heterocycles. The summed E-state index contributed by atoms with van der Waals surface area (Å²) in [5, 5.41) is 3.81. The van der Waals surface area contributed by atoms with E-state index >= 15 is 0 Å². The molecule has 0 aliphatic heterocycles. The topological polar surface area (TPSA) is 38.9 Å². The highest BCUT2D eigenvalue weighted by Crippen LogP contribution is 2.41. The minimum atomic E-state index is 0.108. The van der Waals surface area contributed by atoms with E-state index in [0.717, 1.165) is 21.3 Å². The highest BCUT2D eigenvalue weighted by Gasteiger charge is 2.31. The largest absolute Gasteiger partial charge is 0.322 e. The summed E-state index contributed by atoms with van der Waals surface area (Å²) in [5.41, 5.74) is 8.07. The van der Waals surface area contributed by atoms with Crippen molar-refractivity contribution in [3.8, 4) is 11.3 Å². The lowest BCUT2D eigenvalue weighted by atomic mass is 10.2. The molecule has 1 aromatic heterocycles. The molecule has 1 aliphatic rings. The highest BCUT2D eigenvalue weighted by atomic mass is 35.5. The molecular formula is C13H13ClN2S. The lowest BCUT2D eigenvalue weighted by molar-refractivity contribution is 0.629. The lowest BCUT2D eigenvalue weighted by Crippen LogP contribution is -2.11. The fourth-order valence-corrected chi connectivity index (χ4v) is 3.04. The van der Waals surface area contributed by atoms with Gasteiger partial charge in [-0.15, -0.1) is 11.3 Å². The SMILES string of the molecule is NC(c1nc(-c2ccccc2Cl)cs1)C1CC1. The quantitative estimate of drug-likeness (QED) is 0.914.